The molecular formula is C21H24F3N2O3+. The summed E-state index contributed by atoms with van der Waals surface area (Å²) in [5.41, 5.74) is 0.720. The van der Waals surface area contributed by atoms with E-state index in [-0.39, 0.29) is 5.91 Å². The van der Waals surface area contributed by atoms with Crippen LogP contribution in [0.4, 0.5) is 13.2 Å². The van der Waals surface area contributed by atoms with Gasteiger partial charge in [-0.2, -0.15) is 13.2 Å². The molecule has 3 rings (SSSR count). The number of carbonyl (C=O) groups is 1. The Bertz CT molecular complexity index is 823. The number of nitrogens with one attached hydrogen (secondary N) is 1. The number of quaternary nitrogens is 1. The normalized spacial score (nSPS) is 15.3. The van der Waals surface area contributed by atoms with E-state index >= 15 is 0 Å². The van der Waals surface area contributed by atoms with Crippen LogP contribution in [-0.4, -0.2) is 51.2 Å². The third-order valence-corrected chi connectivity index (χ3v) is 5.09. The third-order valence-electron chi connectivity index (χ3n) is 5.09. The van der Waals surface area contributed by atoms with E-state index in [4.69, 9.17) is 9.47 Å². The molecule has 0 spiro atoms. The van der Waals surface area contributed by atoms with Gasteiger partial charge in [0.05, 0.1) is 46.0 Å². The molecule has 0 aromatic heterocycles. The van der Waals surface area contributed by atoms with Crippen LogP contribution < -0.4 is 14.4 Å². The Morgan fingerprint density at radius 1 is 1.00 bits per heavy atom. The highest BCUT2D eigenvalue weighted by molar-refractivity contribution is 5.95. The van der Waals surface area contributed by atoms with Gasteiger partial charge in [0, 0.05) is 17.2 Å². The van der Waals surface area contributed by atoms with Crippen LogP contribution in [-0.2, 0) is 12.7 Å². The lowest BCUT2D eigenvalue weighted by Gasteiger charge is -2.32. The molecule has 0 unspecified atom stereocenters. The smallest absolute Gasteiger partial charge is 0.416 e. The number of rotatable bonds is 5. The summed E-state index contributed by atoms with van der Waals surface area (Å²) < 4.78 is 48.5. The van der Waals surface area contributed by atoms with Crippen molar-refractivity contribution in [3.8, 4) is 11.5 Å². The van der Waals surface area contributed by atoms with Crippen LogP contribution in [0.2, 0.25) is 0 Å². The number of alkyl halides is 3. The number of amides is 1. The summed E-state index contributed by atoms with van der Waals surface area (Å²) in [6.07, 6.45) is -4.32. The molecule has 1 heterocycles. The van der Waals surface area contributed by atoms with Gasteiger partial charge >= 0.3 is 6.18 Å². The Kier molecular flexibility index (Phi) is 6.32. The molecule has 1 amide bonds. The standard InChI is InChI=1S/C21H23F3N2O3/c1-28-18-11-16(12-19(13-18)29-2)20(27)26-9-7-25(8-10-26)14-15-3-5-17(6-4-15)21(22,23)24/h3-6,11-13H,7-10,14H2,1-2H3/p+1. The molecule has 1 aliphatic rings. The van der Waals surface area contributed by atoms with Crippen molar-refractivity contribution in [3.63, 3.8) is 0 Å². The summed E-state index contributed by atoms with van der Waals surface area (Å²) in [6, 6.07) is 10.4. The number of carbonyl (C=O) groups excluding carboxylic acids is 1. The minimum Gasteiger partial charge on any atom is -0.497 e. The molecule has 2 aromatic rings. The first-order valence-corrected chi connectivity index (χ1v) is 9.32. The van der Waals surface area contributed by atoms with Crippen molar-refractivity contribution in [2.75, 3.05) is 40.4 Å². The Labute approximate surface area is 167 Å². The average Bonchev–Trinajstić information content (AvgIpc) is 2.73. The highest BCUT2D eigenvalue weighted by Crippen LogP contribution is 2.29. The van der Waals surface area contributed by atoms with Gasteiger partial charge < -0.3 is 19.3 Å². The second-order valence-corrected chi connectivity index (χ2v) is 7.02. The lowest BCUT2D eigenvalue weighted by Crippen LogP contribution is -3.13. The van der Waals surface area contributed by atoms with E-state index in [0.717, 1.165) is 30.8 Å². The molecule has 0 saturated carbocycles. The highest BCUT2D eigenvalue weighted by atomic mass is 19.4. The average molecular weight is 409 g/mol. The number of ether oxygens (including phenoxy) is 2. The highest BCUT2D eigenvalue weighted by Gasteiger charge is 2.30. The summed E-state index contributed by atoms with van der Waals surface area (Å²) in [6.45, 7) is 3.25. The maximum absolute atomic E-state index is 12.8. The molecule has 156 valence electrons. The lowest BCUT2D eigenvalue weighted by molar-refractivity contribution is -0.917. The lowest BCUT2D eigenvalue weighted by atomic mass is 10.1. The molecule has 0 aliphatic carbocycles. The van der Waals surface area contributed by atoms with Crippen molar-refractivity contribution in [2.45, 2.75) is 12.7 Å². The first-order valence-electron chi connectivity index (χ1n) is 9.32. The van der Waals surface area contributed by atoms with E-state index in [2.05, 4.69) is 0 Å². The van der Waals surface area contributed by atoms with Gasteiger partial charge in [-0.05, 0) is 24.3 Å². The zero-order valence-corrected chi connectivity index (χ0v) is 16.4. The summed E-state index contributed by atoms with van der Waals surface area (Å²) in [4.78, 5) is 15.8. The summed E-state index contributed by atoms with van der Waals surface area (Å²) >= 11 is 0. The van der Waals surface area contributed by atoms with Crippen LogP contribution in [0.25, 0.3) is 0 Å². The maximum Gasteiger partial charge on any atom is 0.416 e. The van der Waals surface area contributed by atoms with Crippen molar-refractivity contribution in [2.24, 2.45) is 0 Å². The number of nitrogens with zero attached hydrogens (tertiary/aromatic N) is 1. The van der Waals surface area contributed by atoms with Gasteiger partial charge in [-0.15, -0.1) is 0 Å². The van der Waals surface area contributed by atoms with Crippen LogP contribution in [0.1, 0.15) is 21.5 Å². The number of hydrogen-bond acceptors (Lipinski definition) is 3. The summed E-state index contributed by atoms with van der Waals surface area (Å²) in [5, 5.41) is 0. The van der Waals surface area contributed by atoms with E-state index in [9.17, 15) is 18.0 Å². The second-order valence-electron chi connectivity index (χ2n) is 7.02. The molecule has 1 fully saturated rings. The molecule has 0 bridgehead atoms. The van der Waals surface area contributed by atoms with Crippen molar-refractivity contribution in [1.29, 1.82) is 0 Å². The van der Waals surface area contributed by atoms with Gasteiger partial charge in [0.25, 0.3) is 5.91 Å². The van der Waals surface area contributed by atoms with Crippen molar-refractivity contribution >= 4 is 5.91 Å². The SMILES string of the molecule is COc1cc(OC)cc(C(=O)N2CC[NH+](Cc3ccc(C(F)(F)F)cc3)CC2)c1. The number of methoxy groups -OCH3 is 2. The Balaban J connectivity index is 1.58. The van der Waals surface area contributed by atoms with Crippen molar-refractivity contribution in [3.05, 3.63) is 59.2 Å². The van der Waals surface area contributed by atoms with Crippen LogP contribution >= 0.6 is 0 Å². The third kappa shape index (κ3) is 5.20. The molecule has 0 atom stereocenters. The van der Waals surface area contributed by atoms with E-state index in [1.807, 2.05) is 0 Å². The molecule has 8 heteroatoms. The predicted molar refractivity (Wildman–Crippen MR) is 101 cm³/mol. The minimum atomic E-state index is -4.32. The van der Waals surface area contributed by atoms with Crippen LogP contribution in [0.5, 0.6) is 11.5 Å². The van der Waals surface area contributed by atoms with Crippen molar-refractivity contribution in [1.82, 2.24) is 4.90 Å². The van der Waals surface area contributed by atoms with Crippen LogP contribution in [0.15, 0.2) is 42.5 Å². The molecule has 1 aliphatic heterocycles. The fourth-order valence-corrected chi connectivity index (χ4v) is 3.42. The van der Waals surface area contributed by atoms with E-state index < -0.39 is 11.7 Å². The topological polar surface area (TPSA) is 43.2 Å². The second kappa shape index (κ2) is 8.73. The zero-order chi connectivity index (χ0) is 21.0. The number of halogens is 3. The quantitative estimate of drug-likeness (QED) is 0.824. The minimum absolute atomic E-state index is 0.0872. The van der Waals surface area contributed by atoms with Gasteiger partial charge in [0.15, 0.2) is 0 Å². The Morgan fingerprint density at radius 2 is 1.55 bits per heavy atom. The Hall–Kier alpha value is -2.74. The van der Waals surface area contributed by atoms with Gasteiger partial charge in [-0.1, -0.05) is 12.1 Å². The van der Waals surface area contributed by atoms with Crippen LogP contribution in [0.3, 0.4) is 0 Å². The van der Waals surface area contributed by atoms with Gasteiger partial charge in [0.2, 0.25) is 0 Å². The molecule has 1 N–H and O–H groups in total. The first kappa shape index (κ1) is 21.0. The summed E-state index contributed by atoms with van der Waals surface area (Å²) in [5.74, 6) is 1.02. The number of benzene rings is 2. The van der Waals surface area contributed by atoms with Crippen LogP contribution in [0, 0.1) is 0 Å². The summed E-state index contributed by atoms with van der Waals surface area (Å²) in [7, 11) is 3.07. The molecule has 1 saturated heterocycles. The monoisotopic (exact) mass is 409 g/mol. The van der Waals surface area contributed by atoms with E-state index in [0.29, 0.717) is 36.7 Å². The zero-order valence-electron chi connectivity index (χ0n) is 16.4. The van der Waals surface area contributed by atoms with E-state index in [1.54, 1.807) is 23.1 Å². The Morgan fingerprint density at radius 3 is 2.03 bits per heavy atom. The molecule has 5 nitrogen and oxygen atoms in total. The number of hydrogen-bond donors (Lipinski definition) is 1. The van der Waals surface area contributed by atoms with E-state index in [1.165, 1.54) is 31.3 Å². The molecule has 29 heavy (non-hydrogen) atoms. The van der Waals surface area contributed by atoms with Crippen molar-refractivity contribution < 1.29 is 32.3 Å². The molecule has 0 radical (unpaired) electrons. The predicted octanol–water partition coefficient (Wildman–Crippen LogP) is 2.26. The molecular weight excluding hydrogens is 385 g/mol. The van der Waals surface area contributed by atoms with Gasteiger partial charge in [-0.3, -0.25) is 4.79 Å². The van der Waals surface area contributed by atoms with Gasteiger partial charge in [-0.25, -0.2) is 0 Å². The van der Waals surface area contributed by atoms with Gasteiger partial charge in [0.1, 0.15) is 18.0 Å². The molecule has 2 aromatic carbocycles. The first-order chi connectivity index (χ1) is 13.8. The largest absolute Gasteiger partial charge is 0.497 e. The number of piperazine rings is 1. The maximum atomic E-state index is 12.8. The fraction of sp³-hybridized carbons (Fsp3) is 0.381. The fourth-order valence-electron chi connectivity index (χ4n) is 3.42.